The molecule has 7 nitrogen and oxygen atoms in total. The molecule has 0 radical (unpaired) electrons. The van der Waals surface area contributed by atoms with Crippen molar-refractivity contribution in [3.63, 3.8) is 0 Å². The molecular weight excluding hydrogens is 338 g/mol. The SMILES string of the molecule is O=C(O)C1=CN(c2ccc(O)cc2)C=C(C(=O)O)C1c1ccc(O)cc1. The van der Waals surface area contributed by atoms with Crippen molar-refractivity contribution < 1.29 is 30.0 Å². The summed E-state index contributed by atoms with van der Waals surface area (Å²) in [5, 5.41) is 38.1. The van der Waals surface area contributed by atoms with Gasteiger partial charge in [0.25, 0.3) is 0 Å². The van der Waals surface area contributed by atoms with E-state index < -0.39 is 17.9 Å². The summed E-state index contributed by atoms with van der Waals surface area (Å²) in [4.78, 5) is 25.0. The molecule has 0 fully saturated rings. The Morgan fingerprint density at radius 3 is 1.58 bits per heavy atom. The van der Waals surface area contributed by atoms with Gasteiger partial charge in [-0.2, -0.15) is 0 Å². The molecular formula is C19H15NO6. The molecule has 3 rings (SSSR count). The van der Waals surface area contributed by atoms with Gasteiger partial charge < -0.3 is 25.3 Å². The van der Waals surface area contributed by atoms with Crippen LogP contribution in [0.2, 0.25) is 0 Å². The second-order valence-corrected chi connectivity index (χ2v) is 5.73. The first kappa shape index (κ1) is 17.1. The molecule has 26 heavy (non-hydrogen) atoms. The zero-order valence-corrected chi connectivity index (χ0v) is 13.4. The molecule has 0 bridgehead atoms. The summed E-state index contributed by atoms with van der Waals surface area (Å²) >= 11 is 0. The number of benzene rings is 2. The third-order valence-electron chi connectivity index (χ3n) is 4.05. The van der Waals surface area contributed by atoms with Gasteiger partial charge >= 0.3 is 11.9 Å². The van der Waals surface area contributed by atoms with Crippen LogP contribution in [0.1, 0.15) is 11.5 Å². The van der Waals surface area contributed by atoms with E-state index in [1.165, 1.54) is 53.7 Å². The van der Waals surface area contributed by atoms with Gasteiger partial charge in [0.05, 0.1) is 17.1 Å². The van der Waals surface area contributed by atoms with Crippen molar-refractivity contribution in [2.75, 3.05) is 4.90 Å². The summed E-state index contributed by atoms with van der Waals surface area (Å²) in [7, 11) is 0. The lowest BCUT2D eigenvalue weighted by Crippen LogP contribution is -2.27. The molecule has 2 aromatic carbocycles. The highest BCUT2D eigenvalue weighted by atomic mass is 16.4. The van der Waals surface area contributed by atoms with Gasteiger partial charge in [0.1, 0.15) is 11.5 Å². The molecule has 1 aliphatic heterocycles. The first-order valence-corrected chi connectivity index (χ1v) is 7.63. The van der Waals surface area contributed by atoms with Crippen LogP contribution in [0.25, 0.3) is 0 Å². The highest BCUT2D eigenvalue weighted by Gasteiger charge is 2.34. The van der Waals surface area contributed by atoms with Gasteiger partial charge in [-0.05, 0) is 42.0 Å². The van der Waals surface area contributed by atoms with Crippen LogP contribution < -0.4 is 4.90 Å². The molecule has 0 unspecified atom stereocenters. The van der Waals surface area contributed by atoms with Crippen LogP contribution >= 0.6 is 0 Å². The van der Waals surface area contributed by atoms with Crippen molar-refractivity contribution in [3.8, 4) is 11.5 Å². The van der Waals surface area contributed by atoms with E-state index in [0.29, 0.717) is 11.3 Å². The Balaban J connectivity index is 2.12. The molecule has 0 amide bonds. The number of hydrogen-bond acceptors (Lipinski definition) is 5. The molecule has 0 atom stereocenters. The maximum Gasteiger partial charge on any atom is 0.334 e. The Labute approximate surface area is 148 Å². The molecule has 0 spiro atoms. The first-order valence-electron chi connectivity index (χ1n) is 7.63. The fraction of sp³-hybridized carbons (Fsp3) is 0.0526. The van der Waals surface area contributed by atoms with Gasteiger partial charge in [-0.1, -0.05) is 12.1 Å². The normalized spacial score (nSPS) is 14.5. The monoisotopic (exact) mass is 353 g/mol. The van der Waals surface area contributed by atoms with Crippen LogP contribution in [0.15, 0.2) is 72.1 Å². The summed E-state index contributed by atoms with van der Waals surface area (Å²) in [5.74, 6) is -3.45. The van der Waals surface area contributed by atoms with Crippen LogP contribution in [0.4, 0.5) is 5.69 Å². The Bertz CT molecular complexity index is 880. The largest absolute Gasteiger partial charge is 0.508 e. The number of phenolic OH excluding ortho intramolecular Hbond substituents is 2. The highest BCUT2D eigenvalue weighted by molar-refractivity contribution is 5.98. The fourth-order valence-electron chi connectivity index (χ4n) is 2.81. The van der Waals surface area contributed by atoms with Crippen molar-refractivity contribution in [2.45, 2.75) is 5.92 Å². The van der Waals surface area contributed by atoms with Gasteiger partial charge in [0, 0.05) is 18.1 Å². The third kappa shape index (κ3) is 3.23. The number of nitrogens with zero attached hydrogens (tertiary/aromatic N) is 1. The van der Waals surface area contributed by atoms with Gasteiger partial charge in [0.15, 0.2) is 0 Å². The number of rotatable bonds is 4. The number of aliphatic carboxylic acids is 2. The predicted molar refractivity (Wildman–Crippen MR) is 92.9 cm³/mol. The van der Waals surface area contributed by atoms with Gasteiger partial charge in [0.2, 0.25) is 0 Å². The lowest BCUT2D eigenvalue weighted by atomic mass is 9.83. The van der Waals surface area contributed by atoms with E-state index >= 15 is 0 Å². The van der Waals surface area contributed by atoms with E-state index in [4.69, 9.17) is 0 Å². The van der Waals surface area contributed by atoms with Crippen LogP contribution in [0.3, 0.4) is 0 Å². The Morgan fingerprint density at radius 1 is 0.731 bits per heavy atom. The number of carboxylic acid groups (broad SMARTS) is 2. The van der Waals surface area contributed by atoms with Gasteiger partial charge in [-0.25, -0.2) is 9.59 Å². The number of anilines is 1. The highest BCUT2D eigenvalue weighted by Crippen LogP contribution is 2.38. The van der Waals surface area contributed by atoms with Crippen LogP contribution in [-0.2, 0) is 9.59 Å². The third-order valence-corrected chi connectivity index (χ3v) is 4.05. The topological polar surface area (TPSA) is 118 Å². The van der Waals surface area contributed by atoms with E-state index in [9.17, 15) is 30.0 Å². The standard InChI is InChI=1S/C19H15NO6/c21-13-5-1-11(2-6-13)17-15(18(23)24)9-20(10-16(17)19(25)26)12-3-7-14(22)8-4-12/h1-10,17,21-22H,(H,23,24)(H,25,26). The minimum absolute atomic E-state index is 0.00279. The summed E-state index contributed by atoms with van der Waals surface area (Å²) in [6.07, 6.45) is 2.69. The summed E-state index contributed by atoms with van der Waals surface area (Å²) in [6, 6.07) is 11.7. The first-order chi connectivity index (χ1) is 12.4. The molecule has 0 saturated heterocycles. The predicted octanol–water partition coefficient (Wildman–Crippen LogP) is 2.64. The van der Waals surface area contributed by atoms with Gasteiger partial charge in [-0.3, -0.25) is 0 Å². The number of aromatic hydroxyl groups is 2. The Hall–Kier alpha value is -3.74. The van der Waals surface area contributed by atoms with E-state index in [1.807, 2.05) is 0 Å². The van der Waals surface area contributed by atoms with Crippen molar-refractivity contribution in [2.24, 2.45) is 0 Å². The molecule has 0 aromatic heterocycles. The van der Waals surface area contributed by atoms with Gasteiger partial charge in [-0.15, -0.1) is 0 Å². The molecule has 7 heteroatoms. The van der Waals surface area contributed by atoms with E-state index in [-0.39, 0.29) is 22.6 Å². The van der Waals surface area contributed by atoms with E-state index in [0.717, 1.165) is 0 Å². The molecule has 132 valence electrons. The lowest BCUT2D eigenvalue weighted by molar-refractivity contribution is -0.133. The average Bonchev–Trinajstić information content (AvgIpc) is 2.62. The zero-order valence-electron chi connectivity index (χ0n) is 13.4. The quantitative estimate of drug-likeness (QED) is 0.667. The number of carbonyl (C=O) groups is 2. The summed E-state index contributed by atoms with van der Waals surface area (Å²) in [5.41, 5.74) is 0.701. The Morgan fingerprint density at radius 2 is 1.15 bits per heavy atom. The minimum Gasteiger partial charge on any atom is -0.508 e. The second kappa shape index (κ2) is 6.64. The molecule has 4 N–H and O–H groups in total. The second-order valence-electron chi connectivity index (χ2n) is 5.73. The summed E-state index contributed by atoms with van der Waals surface area (Å²) < 4.78 is 0. The molecule has 0 aliphatic carbocycles. The zero-order chi connectivity index (χ0) is 18.8. The molecule has 2 aromatic rings. The molecule has 1 heterocycles. The maximum atomic E-state index is 11.8. The minimum atomic E-state index is -1.25. The summed E-state index contributed by atoms with van der Waals surface area (Å²) in [6.45, 7) is 0. The fourth-order valence-corrected chi connectivity index (χ4v) is 2.81. The molecule has 1 aliphatic rings. The number of carboxylic acids is 2. The van der Waals surface area contributed by atoms with Crippen molar-refractivity contribution in [3.05, 3.63) is 77.6 Å². The Kier molecular flexibility index (Phi) is 4.36. The van der Waals surface area contributed by atoms with E-state index in [1.54, 1.807) is 12.1 Å². The number of phenols is 2. The van der Waals surface area contributed by atoms with Crippen molar-refractivity contribution in [1.82, 2.24) is 0 Å². The molecule has 0 saturated carbocycles. The smallest absolute Gasteiger partial charge is 0.334 e. The van der Waals surface area contributed by atoms with Crippen molar-refractivity contribution in [1.29, 1.82) is 0 Å². The van der Waals surface area contributed by atoms with E-state index in [2.05, 4.69) is 0 Å². The van der Waals surface area contributed by atoms with Crippen LogP contribution in [0, 0.1) is 0 Å². The van der Waals surface area contributed by atoms with Crippen LogP contribution in [0.5, 0.6) is 11.5 Å². The average molecular weight is 353 g/mol. The lowest BCUT2D eigenvalue weighted by Gasteiger charge is -2.29. The van der Waals surface area contributed by atoms with Crippen LogP contribution in [-0.4, -0.2) is 32.4 Å². The number of hydrogen-bond donors (Lipinski definition) is 4. The maximum absolute atomic E-state index is 11.8. The van der Waals surface area contributed by atoms with Crippen molar-refractivity contribution >= 4 is 17.6 Å².